The van der Waals surface area contributed by atoms with Crippen LogP contribution in [0.2, 0.25) is 0 Å². The Morgan fingerprint density at radius 2 is 2.14 bits per heavy atom. The Kier molecular flexibility index (Phi) is 6.31. The fourth-order valence-electron chi connectivity index (χ4n) is 1.96. The Labute approximate surface area is 130 Å². The van der Waals surface area contributed by atoms with E-state index in [9.17, 15) is 0 Å². The zero-order valence-electron chi connectivity index (χ0n) is 12.5. The number of hydrogen-bond donors (Lipinski definition) is 1. The smallest absolute Gasteiger partial charge is 0.161 e. The minimum Gasteiger partial charge on any atom is -0.493 e. The molecule has 4 heteroatoms. The lowest BCUT2D eigenvalue weighted by Gasteiger charge is -2.11. The third-order valence-corrected chi connectivity index (χ3v) is 3.84. The van der Waals surface area contributed by atoms with Crippen molar-refractivity contribution in [3.8, 4) is 11.5 Å². The highest BCUT2D eigenvalue weighted by atomic mass is 32.1. The van der Waals surface area contributed by atoms with Crippen molar-refractivity contribution < 1.29 is 9.47 Å². The van der Waals surface area contributed by atoms with E-state index in [1.807, 2.05) is 37.3 Å². The minimum absolute atomic E-state index is 0.616. The van der Waals surface area contributed by atoms with Crippen LogP contribution in [0.5, 0.6) is 11.5 Å². The quantitative estimate of drug-likeness (QED) is 0.749. The van der Waals surface area contributed by atoms with Crippen molar-refractivity contribution >= 4 is 17.4 Å². The van der Waals surface area contributed by atoms with Crippen molar-refractivity contribution in [2.45, 2.75) is 13.5 Å². The molecule has 0 aliphatic rings. The third kappa shape index (κ3) is 4.92. The minimum atomic E-state index is 0.616. The predicted molar refractivity (Wildman–Crippen MR) is 89.2 cm³/mol. The molecule has 2 aromatic rings. The molecule has 1 N–H and O–H groups in total. The highest BCUT2D eigenvalue weighted by molar-refractivity contribution is 7.09. The van der Waals surface area contributed by atoms with Crippen molar-refractivity contribution in [3.05, 3.63) is 52.2 Å². The first kappa shape index (κ1) is 15.6. The van der Waals surface area contributed by atoms with E-state index in [-0.39, 0.29) is 0 Å². The van der Waals surface area contributed by atoms with Crippen molar-refractivity contribution in [1.82, 2.24) is 5.32 Å². The van der Waals surface area contributed by atoms with E-state index in [0.717, 1.165) is 30.2 Å². The summed E-state index contributed by atoms with van der Waals surface area (Å²) in [6.07, 6.45) is 4.04. The van der Waals surface area contributed by atoms with Crippen LogP contribution in [0.15, 0.2) is 41.8 Å². The lowest BCUT2D eigenvalue weighted by molar-refractivity contribution is 0.292. The number of allylic oxidation sites excluding steroid dienone is 1. The van der Waals surface area contributed by atoms with E-state index >= 15 is 0 Å². The Balaban J connectivity index is 1.79. The molecule has 0 aliphatic heterocycles. The Morgan fingerprint density at radius 3 is 2.86 bits per heavy atom. The number of nitrogens with one attached hydrogen (secondary N) is 1. The molecule has 0 fully saturated rings. The summed E-state index contributed by atoms with van der Waals surface area (Å²) in [4.78, 5) is 1.34. The number of benzene rings is 1. The molecule has 0 aliphatic carbocycles. The molecule has 1 aromatic carbocycles. The topological polar surface area (TPSA) is 30.5 Å². The molecule has 0 spiro atoms. The van der Waals surface area contributed by atoms with Gasteiger partial charge in [-0.3, -0.25) is 0 Å². The van der Waals surface area contributed by atoms with E-state index in [2.05, 4.69) is 22.8 Å². The van der Waals surface area contributed by atoms with Gasteiger partial charge in [-0.05, 0) is 36.1 Å². The molecular weight excluding hydrogens is 282 g/mol. The van der Waals surface area contributed by atoms with Crippen molar-refractivity contribution in [2.75, 3.05) is 20.3 Å². The van der Waals surface area contributed by atoms with E-state index in [4.69, 9.17) is 9.47 Å². The van der Waals surface area contributed by atoms with Gasteiger partial charge in [0.15, 0.2) is 11.5 Å². The van der Waals surface area contributed by atoms with Crippen LogP contribution in [0.1, 0.15) is 17.4 Å². The van der Waals surface area contributed by atoms with Crippen LogP contribution < -0.4 is 14.8 Å². The predicted octanol–water partition coefficient (Wildman–Crippen LogP) is 3.96. The summed E-state index contributed by atoms with van der Waals surface area (Å²) in [6, 6.07) is 10.1. The van der Waals surface area contributed by atoms with E-state index in [1.54, 1.807) is 18.4 Å². The molecule has 112 valence electrons. The maximum Gasteiger partial charge on any atom is 0.161 e. The fraction of sp³-hybridized carbons (Fsp3) is 0.294. The van der Waals surface area contributed by atoms with Gasteiger partial charge in [0.2, 0.25) is 0 Å². The molecule has 0 saturated carbocycles. The zero-order chi connectivity index (χ0) is 14.9. The molecule has 0 unspecified atom stereocenters. The summed E-state index contributed by atoms with van der Waals surface area (Å²) in [5, 5.41) is 5.45. The first-order valence-electron chi connectivity index (χ1n) is 7.00. The van der Waals surface area contributed by atoms with Crippen molar-refractivity contribution in [2.24, 2.45) is 0 Å². The summed E-state index contributed by atoms with van der Waals surface area (Å²) in [5.41, 5.74) is 1.11. The Hall–Kier alpha value is -1.78. The van der Waals surface area contributed by atoms with Crippen LogP contribution in [0.25, 0.3) is 6.08 Å². The van der Waals surface area contributed by atoms with Gasteiger partial charge in [-0.1, -0.05) is 24.3 Å². The molecule has 21 heavy (non-hydrogen) atoms. The van der Waals surface area contributed by atoms with E-state index in [1.165, 1.54) is 4.88 Å². The van der Waals surface area contributed by atoms with Crippen LogP contribution in [0.3, 0.4) is 0 Å². The number of methoxy groups -OCH3 is 1. The van der Waals surface area contributed by atoms with Gasteiger partial charge in [-0.25, -0.2) is 0 Å². The fourth-order valence-corrected chi connectivity index (χ4v) is 2.63. The molecular formula is C17H21NO2S. The van der Waals surface area contributed by atoms with Gasteiger partial charge in [0.05, 0.1) is 7.11 Å². The zero-order valence-corrected chi connectivity index (χ0v) is 13.3. The number of ether oxygens (including phenoxy) is 2. The highest BCUT2D eigenvalue weighted by Crippen LogP contribution is 2.28. The second-order valence-corrected chi connectivity index (χ2v) is 5.55. The summed E-state index contributed by atoms with van der Waals surface area (Å²) in [6.45, 7) is 4.30. The largest absolute Gasteiger partial charge is 0.493 e. The lowest BCUT2D eigenvalue weighted by atomic mass is 10.2. The number of thiophene rings is 1. The Bertz CT molecular complexity index is 564. The van der Waals surface area contributed by atoms with E-state index < -0.39 is 0 Å². The van der Waals surface area contributed by atoms with Crippen LogP contribution in [-0.2, 0) is 6.54 Å². The van der Waals surface area contributed by atoms with Crippen LogP contribution in [0.4, 0.5) is 0 Å². The third-order valence-electron chi connectivity index (χ3n) is 2.96. The molecule has 0 saturated heterocycles. The SMILES string of the molecule is CC=Cc1ccc(OCCNCc2cccs2)c(OC)c1. The average Bonchev–Trinajstić information content (AvgIpc) is 3.01. The van der Waals surface area contributed by atoms with Crippen LogP contribution in [-0.4, -0.2) is 20.3 Å². The van der Waals surface area contributed by atoms with Gasteiger partial charge in [-0.2, -0.15) is 0 Å². The van der Waals surface area contributed by atoms with Gasteiger partial charge >= 0.3 is 0 Å². The highest BCUT2D eigenvalue weighted by Gasteiger charge is 2.04. The van der Waals surface area contributed by atoms with Crippen LogP contribution >= 0.6 is 11.3 Å². The van der Waals surface area contributed by atoms with Gasteiger partial charge in [0.1, 0.15) is 6.61 Å². The molecule has 2 rings (SSSR count). The van der Waals surface area contributed by atoms with Crippen molar-refractivity contribution in [1.29, 1.82) is 0 Å². The van der Waals surface area contributed by atoms with Gasteiger partial charge in [0, 0.05) is 18.0 Å². The second kappa shape index (κ2) is 8.49. The monoisotopic (exact) mass is 303 g/mol. The standard InChI is InChI=1S/C17H21NO2S/c1-3-5-14-7-8-16(17(12-14)19-2)20-10-9-18-13-15-6-4-11-21-15/h3-8,11-12,18H,9-10,13H2,1-2H3. The number of rotatable bonds is 8. The maximum absolute atomic E-state index is 5.77. The molecule has 1 heterocycles. The maximum atomic E-state index is 5.77. The molecule has 0 atom stereocenters. The first-order chi connectivity index (χ1) is 10.3. The second-order valence-electron chi connectivity index (χ2n) is 4.51. The number of hydrogen-bond acceptors (Lipinski definition) is 4. The Morgan fingerprint density at radius 1 is 1.24 bits per heavy atom. The van der Waals surface area contributed by atoms with E-state index in [0.29, 0.717) is 6.61 Å². The molecule has 0 bridgehead atoms. The van der Waals surface area contributed by atoms with Gasteiger partial charge in [0.25, 0.3) is 0 Å². The molecule has 0 radical (unpaired) electrons. The lowest BCUT2D eigenvalue weighted by Crippen LogP contribution is -2.20. The van der Waals surface area contributed by atoms with Gasteiger partial charge < -0.3 is 14.8 Å². The first-order valence-corrected chi connectivity index (χ1v) is 7.88. The van der Waals surface area contributed by atoms with Crippen molar-refractivity contribution in [3.63, 3.8) is 0 Å². The van der Waals surface area contributed by atoms with Crippen LogP contribution in [0, 0.1) is 0 Å². The summed E-state index contributed by atoms with van der Waals surface area (Å²) in [5.74, 6) is 1.55. The molecule has 0 amide bonds. The molecule has 3 nitrogen and oxygen atoms in total. The summed E-state index contributed by atoms with van der Waals surface area (Å²) in [7, 11) is 1.66. The molecule has 1 aromatic heterocycles. The average molecular weight is 303 g/mol. The normalized spacial score (nSPS) is 11.0. The summed E-state index contributed by atoms with van der Waals surface area (Å²) >= 11 is 1.76. The summed E-state index contributed by atoms with van der Waals surface area (Å²) < 4.78 is 11.1. The van der Waals surface area contributed by atoms with Gasteiger partial charge in [-0.15, -0.1) is 11.3 Å².